The van der Waals surface area contributed by atoms with Crippen molar-refractivity contribution in [2.75, 3.05) is 0 Å². The highest BCUT2D eigenvalue weighted by molar-refractivity contribution is 5.73. The van der Waals surface area contributed by atoms with E-state index in [-0.39, 0.29) is 5.75 Å². The first-order valence-electron chi connectivity index (χ1n) is 6.71. The maximum absolute atomic E-state index is 10.2. The molecule has 2 aromatic carbocycles. The van der Waals surface area contributed by atoms with E-state index in [9.17, 15) is 15.0 Å². The van der Waals surface area contributed by atoms with Crippen LogP contribution in [0.3, 0.4) is 0 Å². The van der Waals surface area contributed by atoms with Crippen LogP contribution >= 0.6 is 0 Å². The topological polar surface area (TPSA) is 66.8 Å². The number of aliphatic hydroxyl groups excluding tert-OH is 1. The largest absolute Gasteiger partial charge is 0.508 e. The second-order valence-electron chi connectivity index (χ2n) is 4.52. The van der Waals surface area contributed by atoms with Gasteiger partial charge in [-0.1, -0.05) is 36.4 Å². The molecule has 0 radical (unpaired) electrons. The van der Waals surface area contributed by atoms with Gasteiger partial charge in [0.2, 0.25) is 6.29 Å². The van der Waals surface area contributed by atoms with Crippen molar-refractivity contribution in [3.05, 3.63) is 71.8 Å². The molecule has 2 N–H and O–H groups in total. The second kappa shape index (κ2) is 7.81. The number of phenols is 1. The number of carbonyl (C=O) groups excluding carboxylic acids is 1. The molecule has 4 heteroatoms. The van der Waals surface area contributed by atoms with E-state index in [0.717, 1.165) is 11.1 Å². The molecule has 2 rings (SSSR count). The number of carbonyl (C=O) groups is 1. The molecule has 0 bridgehead atoms. The molecule has 1 unspecified atom stereocenters. The van der Waals surface area contributed by atoms with Crippen LogP contribution in [0.15, 0.2) is 60.7 Å². The van der Waals surface area contributed by atoms with Gasteiger partial charge in [-0.05, 0) is 47.5 Å². The summed E-state index contributed by atoms with van der Waals surface area (Å²) in [5.74, 6) is 0.712. The fourth-order valence-electron chi connectivity index (χ4n) is 1.77. The smallest absolute Gasteiger partial charge is 0.217 e. The molecule has 0 aliphatic carbocycles. The van der Waals surface area contributed by atoms with Gasteiger partial charge in [0.25, 0.3) is 0 Å². The Hall–Kier alpha value is -2.85. The van der Waals surface area contributed by atoms with Crippen molar-refractivity contribution in [2.24, 2.45) is 0 Å². The lowest BCUT2D eigenvalue weighted by Crippen LogP contribution is -2.11. The highest BCUT2D eigenvalue weighted by Crippen LogP contribution is 2.15. The Morgan fingerprint density at radius 1 is 0.909 bits per heavy atom. The summed E-state index contributed by atoms with van der Waals surface area (Å²) in [7, 11) is 0. The Balaban J connectivity index is 1.93. The van der Waals surface area contributed by atoms with Crippen LogP contribution in [0.5, 0.6) is 11.5 Å². The third-order valence-electron chi connectivity index (χ3n) is 2.85. The first-order valence-corrected chi connectivity index (χ1v) is 6.71. The lowest BCUT2D eigenvalue weighted by molar-refractivity contribution is -0.104. The molecule has 0 aliphatic rings. The van der Waals surface area contributed by atoms with Gasteiger partial charge in [0.1, 0.15) is 17.8 Å². The molecule has 0 aliphatic heterocycles. The van der Waals surface area contributed by atoms with E-state index in [1.807, 2.05) is 0 Å². The van der Waals surface area contributed by atoms with E-state index in [1.54, 1.807) is 60.7 Å². The molecule has 0 heterocycles. The zero-order valence-corrected chi connectivity index (χ0v) is 11.8. The first-order chi connectivity index (χ1) is 10.7. The number of benzene rings is 2. The van der Waals surface area contributed by atoms with E-state index in [4.69, 9.17) is 4.74 Å². The van der Waals surface area contributed by atoms with Crippen molar-refractivity contribution in [2.45, 2.75) is 6.29 Å². The molecule has 0 spiro atoms. The minimum atomic E-state index is -1.08. The summed E-state index contributed by atoms with van der Waals surface area (Å²) in [6, 6.07) is 13.6. The first kappa shape index (κ1) is 15.5. The molecule has 1 atom stereocenters. The zero-order valence-electron chi connectivity index (χ0n) is 11.8. The summed E-state index contributed by atoms with van der Waals surface area (Å²) < 4.78 is 5.34. The fourth-order valence-corrected chi connectivity index (χ4v) is 1.77. The van der Waals surface area contributed by atoms with Crippen LogP contribution in [0.4, 0.5) is 0 Å². The predicted molar refractivity (Wildman–Crippen MR) is 85.3 cm³/mol. The van der Waals surface area contributed by atoms with Crippen LogP contribution in [0.25, 0.3) is 12.2 Å². The average molecular weight is 296 g/mol. The van der Waals surface area contributed by atoms with Crippen molar-refractivity contribution in [3.63, 3.8) is 0 Å². The Kier molecular flexibility index (Phi) is 5.51. The Bertz CT molecular complexity index is 654. The summed E-state index contributed by atoms with van der Waals surface area (Å²) in [5, 5.41) is 19.0. The predicted octanol–water partition coefficient (Wildman–Crippen LogP) is 3.01. The average Bonchev–Trinajstić information content (AvgIpc) is 2.54. The van der Waals surface area contributed by atoms with Crippen LogP contribution in [0.2, 0.25) is 0 Å². The summed E-state index contributed by atoms with van der Waals surface area (Å²) in [6.45, 7) is 0. The molecular weight excluding hydrogens is 280 g/mol. The van der Waals surface area contributed by atoms with E-state index >= 15 is 0 Å². The summed E-state index contributed by atoms with van der Waals surface area (Å²) in [5.41, 5.74) is 1.71. The van der Waals surface area contributed by atoms with Crippen molar-refractivity contribution in [1.82, 2.24) is 0 Å². The number of ether oxygens (including phenoxy) is 1. The minimum Gasteiger partial charge on any atom is -0.508 e. The summed E-state index contributed by atoms with van der Waals surface area (Å²) in [6.07, 6.45) is 5.92. The highest BCUT2D eigenvalue weighted by Gasteiger charge is 2.01. The quantitative estimate of drug-likeness (QED) is 0.488. The summed E-state index contributed by atoms with van der Waals surface area (Å²) >= 11 is 0. The second-order valence-corrected chi connectivity index (χ2v) is 4.52. The van der Waals surface area contributed by atoms with Gasteiger partial charge in [-0.2, -0.15) is 0 Å². The molecule has 4 nitrogen and oxygen atoms in total. The van der Waals surface area contributed by atoms with Crippen LogP contribution < -0.4 is 4.74 Å². The van der Waals surface area contributed by atoms with Crippen molar-refractivity contribution >= 4 is 18.4 Å². The van der Waals surface area contributed by atoms with Crippen molar-refractivity contribution < 1.29 is 19.7 Å². The van der Waals surface area contributed by atoms with E-state index in [2.05, 4.69) is 0 Å². The van der Waals surface area contributed by atoms with Crippen LogP contribution in [-0.4, -0.2) is 22.8 Å². The van der Waals surface area contributed by atoms with Gasteiger partial charge in [0, 0.05) is 0 Å². The number of aldehydes is 1. The van der Waals surface area contributed by atoms with E-state index < -0.39 is 6.29 Å². The number of hydrogen-bond acceptors (Lipinski definition) is 4. The number of rotatable bonds is 6. The normalized spacial score (nSPS) is 12.6. The number of aromatic hydroxyl groups is 1. The number of hydrogen-bond donors (Lipinski definition) is 2. The lowest BCUT2D eigenvalue weighted by Gasteiger charge is -2.09. The molecule has 0 fully saturated rings. The van der Waals surface area contributed by atoms with Gasteiger partial charge in [-0.3, -0.25) is 4.79 Å². The fraction of sp³-hybridized carbons (Fsp3) is 0.0556. The van der Waals surface area contributed by atoms with Crippen molar-refractivity contribution in [1.29, 1.82) is 0 Å². The molecule has 0 amide bonds. The number of aliphatic hydroxyl groups is 1. The standard InChI is InChI=1S/C18H16O4/c19-13-1-2-14-5-10-17(11-6-14)22-18(21)12-7-15-3-8-16(20)9-4-15/h1-13,18,20-21H/b2-1+,12-7+. The maximum Gasteiger partial charge on any atom is 0.217 e. The van der Waals surface area contributed by atoms with Gasteiger partial charge in [0.15, 0.2) is 0 Å². The number of allylic oxidation sites excluding steroid dienone is 1. The van der Waals surface area contributed by atoms with Crippen molar-refractivity contribution in [3.8, 4) is 11.5 Å². The molecule has 2 aromatic rings. The molecule has 0 aromatic heterocycles. The van der Waals surface area contributed by atoms with E-state index in [1.165, 1.54) is 12.2 Å². The monoisotopic (exact) mass is 296 g/mol. The van der Waals surface area contributed by atoms with Crippen LogP contribution in [0.1, 0.15) is 11.1 Å². The third-order valence-corrected chi connectivity index (χ3v) is 2.85. The van der Waals surface area contributed by atoms with Gasteiger partial charge in [-0.25, -0.2) is 0 Å². The molecule has 0 saturated heterocycles. The third kappa shape index (κ3) is 4.92. The summed E-state index contributed by atoms with van der Waals surface area (Å²) in [4.78, 5) is 10.2. The number of phenolic OH excluding ortho intramolecular Hbond substituents is 1. The van der Waals surface area contributed by atoms with Gasteiger partial charge in [-0.15, -0.1) is 0 Å². The van der Waals surface area contributed by atoms with Crippen LogP contribution in [-0.2, 0) is 4.79 Å². The lowest BCUT2D eigenvalue weighted by atomic mass is 10.2. The Morgan fingerprint density at radius 3 is 2.14 bits per heavy atom. The zero-order chi connectivity index (χ0) is 15.8. The molecule has 112 valence electrons. The Labute approximate surface area is 128 Å². The molecular formula is C18H16O4. The highest BCUT2D eigenvalue weighted by atomic mass is 16.6. The molecule has 22 heavy (non-hydrogen) atoms. The van der Waals surface area contributed by atoms with Gasteiger partial charge >= 0.3 is 0 Å². The molecule has 0 saturated carbocycles. The van der Waals surface area contributed by atoms with Gasteiger partial charge < -0.3 is 14.9 Å². The van der Waals surface area contributed by atoms with Crippen LogP contribution in [0, 0.1) is 0 Å². The minimum absolute atomic E-state index is 0.192. The van der Waals surface area contributed by atoms with Gasteiger partial charge in [0.05, 0.1) is 0 Å². The van der Waals surface area contributed by atoms with E-state index in [0.29, 0.717) is 12.0 Å². The maximum atomic E-state index is 10.2. The SMILES string of the molecule is O=C/C=C/c1ccc(OC(O)/C=C/c2ccc(O)cc2)cc1. The Morgan fingerprint density at radius 2 is 1.50 bits per heavy atom.